The molecule has 1 amide bonds. The van der Waals surface area contributed by atoms with Crippen molar-refractivity contribution in [2.75, 3.05) is 26.2 Å². The number of nitrogens with zero attached hydrogens (tertiary/aromatic N) is 3. The molecule has 0 aliphatic carbocycles. The fourth-order valence-electron chi connectivity index (χ4n) is 4.80. The molecule has 2 fully saturated rings. The van der Waals surface area contributed by atoms with Crippen LogP contribution in [0.4, 0.5) is 0 Å². The molecular formula is C22H28N4O3S. The van der Waals surface area contributed by atoms with Gasteiger partial charge in [0, 0.05) is 56.5 Å². The normalized spacial score (nSPS) is 22.9. The molecule has 0 saturated carbocycles. The van der Waals surface area contributed by atoms with Crippen LogP contribution in [0.3, 0.4) is 0 Å². The Hall–Kier alpha value is -2.03. The number of hydrogen-bond acceptors (Lipinski definition) is 6. The summed E-state index contributed by atoms with van der Waals surface area (Å²) in [5.74, 6) is 1.14. The summed E-state index contributed by atoms with van der Waals surface area (Å²) in [6, 6.07) is 4.21. The lowest BCUT2D eigenvalue weighted by molar-refractivity contribution is -0.142. The third-order valence-electron chi connectivity index (χ3n) is 6.52. The summed E-state index contributed by atoms with van der Waals surface area (Å²) in [4.78, 5) is 38.9. The van der Waals surface area contributed by atoms with Crippen LogP contribution in [0.15, 0.2) is 22.3 Å². The Bertz CT molecular complexity index is 944. The van der Waals surface area contributed by atoms with Crippen molar-refractivity contribution in [3.8, 4) is 0 Å². The van der Waals surface area contributed by atoms with Crippen molar-refractivity contribution in [3.63, 3.8) is 0 Å². The lowest BCUT2D eigenvalue weighted by atomic mass is 9.94. The van der Waals surface area contributed by atoms with Crippen molar-refractivity contribution in [2.24, 2.45) is 0 Å². The monoisotopic (exact) mass is 428 g/mol. The summed E-state index contributed by atoms with van der Waals surface area (Å²) in [5, 5.41) is 2.09. The Morgan fingerprint density at radius 1 is 1.27 bits per heavy atom. The van der Waals surface area contributed by atoms with E-state index in [4.69, 9.17) is 9.72 Å². The predicted molar refractivity (Wildman–Crippen MR) is 115 cm³/mol. The van der Waals surface area contributed by atoms with E-state index in [-0.39, 0.29) is 23.5 Å². The first kappa shape index (κ1) is 19.9. The van der Waals surface area contributed by atoms with E-state index in [1.54, 1.807) is 11.3 Å². The van der Waals surface area contributed by atoms with Gasteiger partial charge in [-0.25, -0.2) is 4.98 Å². The number of carbonyl (C=O) groups is 1. The molecule has 7 nitrogen and oxygen atoms in total. The first-order valence-corrected chi connectivity index (χ1v) is 11.8. The molecule has 1 unspecified atom stereocenters. The fraction of sp³-hybridized carbons (Fsp3) is 0.591. The van der Waals surface area contributed by atoms with Gasteiger partial charge in [-0.1, -0.05) is 6.07 Å². The number of carbonyl (C=O) groups excluding carboxylic acids is 1. The average Bonchev–Trinajstić information content (AvgIpc) is 3.48. The van der Waals surface area contributed by atoms with E-state index in [9.17, 15) is 9.59 Å². The van der Waals surface area contributed by atoms with Gasteiger partial charge in [-0.15, -0.1) is 11.3 Å². The number of piperidine rings is 1. The van der Waals surface area contributed by atoms with Gasteiger partial charge >= 0.3 is 0 Å². The zero-order valence-corrected chi connectivity index (χ0v) is 18.0. The standard InChI is InChI=1S/C22H28N4O3S/c27-21-17-14-25(13-16-3-2-12-30-16)8-7-18(17)23-20(24-21)15-5-9-26(10-6-15)22(28)19-4-1-11-29-19/h2-3,12,15,19H,1,4-11,13-14H2,(H,23,24,27). The predicted octanol–water partition coefficient (Wildman–Crippen LogP) is 2.27. The number of likely N-dealkylation sites (tertiary alicyclic amines) is 1. The molecule has 2 aromatic rings. The topological polar surface area (TPSA) is 78.5 Å². The lowest BCUT2D eigenvalue weighted by Gasteiger charge is -2.33. The van der Waals surface area contributed by atoms with Crippen LogP contribution in [0, 0.1) is 0 Å². The van der Waals surface area contributed by atoms with Gasteiger partial charge in [-0.05, 0) is 37.1 Å². The molecule has 160 valence electrons. The van der Waals surface area contributed by atoms with E-state index >= 15 is 0 Å². The van der Waals surface area contributed by atoms with Crippen LogP contribution >= 0.6 is 11.3 Å². The number of aromatic nitrogens is 2. The van der Waals surface area contributed by atoms with E-state index in [0.717, 1.165) is 62.3 Å². The number of H-pyrrole nitrogens is 1. The van der Waals surface area contributed by atoms with E-state index in [2.05, 4.69) is 27.4 Å². The summed E-state index contributed by atoms with van der Waals surface area (Å²) >= 11 is 1.75. The van der Waals surface area contributed by atoms with Crippen molar-refractivity contribution in [3.05, 3.63) is 49.8 Å². The van der Waals surface area contributed by atoms with Crippen molar-refractivity contribution in [1.82, 2.24) is 19.8 Å². The van der Waals surface area contributed by atoms with Crippen LogP contribution in [0.5, 0.6) is 0 Å². The highest BCUT2D eigenvalue weighted by atomic mass is 32.1. The molecule has 0 radical (unpaired) electrons. The number of amides is 1. The number of nitrogens with one attached hydrogen (secondary N) is 1. The number of thiophene rings is 1. The molecule has 1 N–H and O–H groups in total. The maximum absolute atomic E-state index is 12.8. The van der Waals surface area contributed by atoms with Gasteiger partial charge in [0.1, 0.15) is 11.9 Å². The minimum absolute atomic E-state index is 0.00346. The molecule has 0 spiro atoms. The zero-order valence-electron chi connectivity index (χ0n) is 17.1. The summed E-state index contributed by atoms with van der Waals surface area (Å²) < 4.78 is 5.54. The number of fused-ring (bicyclic) bond motifs is 1. The molecule has 2 aromatic heterocycles. The highest BCUT2D eigenvalue weighted by molar-refractivity contribution is 7.09. The molecule has 2 saturated heterocycles. The number of ether oxygens (including phenoxy) is 1. The van der Waals surface area contributed by atoms with Crippen LogP contribution in [0.2, 0.25) is 0 Å². The first-order chi connectivity index (χ1) is 14.7. The summed E-state index contributed by atoms with van der Waals surface area (Å²) in [7, 11) is 0. The van der Waals surface area contributed by atoms with E-state index in [1.165, 1.54) is 4.88 Å². The zero-order chi connectivity index (χ0) is 20.5. The maximum Gasteiger partial charge on any atom is 0.255 e. The van der Waals surface area contributed by atoms with Crippen LogP contribution in [-0.2, 0) is 29.0 Å². The molecule has 5 heterocycles. The quantitative estimate of drug-likeness (QED) is 0.808. The molecule has 1 atom stereocenters. The first-order valence-electron chi connectivity index (χ1n) is 10.9. The second kappa shape index (κ2) is 8.61. The van der Waals surface area contributed by atoms with Crippen LogP contribution < -0.4 is 5.56 Å². The third kappa shape index (κ3) is 4.08. The van der Waals surface area contributed by atoms with E-state index < -0.39 is 0 Å². The Morgan fingerprint density at radius 3 is 2.87 bits per heavy atom. The Labute approximate surface area is 180 Å². The second-order valence-corrected chi connectivity index (χ2v) is 9.55. The highest BCUT2D eigenvalue weighted by Crippen LogP contribution is 2.28. The molecule has 0 aromatic carbocycles. The maximum atomic E-state index is 12.8. The second-order valence-electron chi connectivity index (χ2n) is 8.52. The Morgan fingerprint density at radius 2 is 2.13 bits per heavy atom. The Balaban J connectivity index is 1.23. The van der Waals surface area contributed by atoms with Gasteiger partial charge < -0.3 is 14.6 Å². The van der Waals surface area contributed by atoms with Crippen molar-refractivity contribution in [1.29, 1.82) is 0 Å². The van der Waals surface area contributed by atoms with Gasteiger partial charge in [0.25, 0.3) is 11.5 Å². The van der Waals surface area contributed by atoms with Crippen molar-refractivity contribution < 1.29 is 9.53 Å². The van der Waals surface area contributed by atoms with Crippen molar-refractivity contribution >= 4 is 17.2 Å². The lowest BCUT2D eigenvalue weighted by Crippen LogP contribution is -2.43. The van der Waals surface area contributed by atoms with Gasteiger partial charge in [-0.2, -0.15) is 0 Å². The Kier molecular flexibility index (Phi) is 5.71. The van der Waals surface area contributed by atoms with Gasteiger partial charge in [-0.3, -0.25) is 14.5 Å². The number of rotatable bonds is 4. The molecule has 3 aliphatic rings. The molecule has 5 rings (SSSR count). The van der Waals surface area contributed by atoms with Gasteiger partial charge in [0.05, 0.1) is 11.3 Å². The van der Waals surface area contributed by atoms with Gasteiger partial charge in [0.2, 0.25) is 0 Å². The number of hydrogen-bond donors (Lipinski definition) is 1. The molecule has 8 heteroatoms. The fourth-order valence-corrected chi connectivity index (χ4v) is 5.55. The summed E-state index contributed by atoms with van der Waals surface area (Å²) in [6.45, 7) is 4.57. The highest BCUT2D eigenvalue weighted by Gasteiger charge is 2.32. The van der Waals surface area contributed by atoms with Gasteiger partial charge in [0.15, 0.2) is 0 Å². The van der Waals surface area contributed by atoms with Crippen LogP contribution in [0.25, 0.3) is 0 Å². The molecule has 3 aliphatic heterocycles. The molecule has 0 bridgehead atoms. The molecular weight excluding hydrogens is 400 g/mol. The number of aromatic amines is 1. The minimum Gasteiger partial charge on any atom is -0.368 e. The van der Waals surface area contributed by atoms with Crippen molar-refractivity contribution in [2.45, 2.75) is 57.2 Å². The SMILES string of the molecule is O=C(C1CCCO1)N1CCC(c2nc3c(c(=O)[nH]2)CN(Cc2cccs2)CC3)CC1. The smallest absolute Gasteiger partial charge is 0.255 e. The third-order valence-corrected chi connectivity index (χ3v) is 7.39. The molecule has 30 heavy (non-hydrogen) atoms. The summed E-state index contributed by atoms with van der Waals surface area (Å²) in [5.41, 5.74) is 1.77. The summed E-state index contributed by atoms with van der Waals surface area (Å²) in [6.07, 6.45) is 4.05. The van der Waals surface area contributed by atoms with Crippen LogP contribution in [-0.4, -0.2) is 58.0 Å². The van der Waals surface area contributed by atoms with Crippen LogP contribution in [0.1, 0.15) is 53.6 Å². The minimum atomic E-state index is -0.250. The average molecular weight is 429 g/mol. The van der Waals surface area contributed by atoms with E-state index in [1.807, 2.05) is 4.90 Å². The van der Waals surface area contributed by atoms with E-state index in [0.29, 0.717) is 26.2 Å². The largest absolute Gasteiger partial charge is 0.368 e.